The van der Waals surface area contributed by atoms with Crippen molar-refractivity contribution in [3.63, 3.8) is 0 Å². The molecule has 0 saturated carbocycles. The lowest BCUT2D eigenvalue weighted by atomic mass is 10.0. The van der Waals surface area contributed by atoms with Gasteiger partial charge < -0.3 is 41.4 Å². The van der Waals surface area contributed by atoms with Crippen LogP contribution in [-0.4, -0.2) is 85.7 Å². The number of hydrogen-bond donors (Lipinski definition) is 8. The molecule has 3 heterocycles. The topological polar surface area (TPSA) is 201 Å². The van der Waals surface area contributed by atoms with Crippen LogP contribution in [0, 0.1) is 0 Å². The van der Waals surface area contributed by atoms with E-state index in [1.807, 2.05) is 24.3 Å². The van der Waals surface area contributed by atoms with Gasteiger partial charge in [0.2, 0.25) is 17.7 Å². The third-order valence-electron chi connectivity index (χ3n) is 6.77. The number of nitrogens with one attached hydrogen (secondary N) is 6. The number of aromatic nitrogens is 3. The standard InChI is InChI=1S/C26H33N7O6/c1-14(34)22(26(38)39)33-25(37)21(10-16-12-27-13-30-16)32-24(36)20(31-23(35)19-7-4-8-28-19)9-15-11-29-18-6-3-2-5-17(15)18/h2-3,5-6,11-14,19-22,28-29,34H,4,7-10H2,1H3,(H,27,30)(H,31,35)(H,32,36)(H,33,37)(H,38,39). The number of para-hydroxylation sites is 1. The fraction of sp³-hybridized carbons (Fsp3) is 0.423. The van der Waals surface area contributed by atoms with Crippen LogP contribution in [0.2, 0.25) is 0 Å². The number of fused-ring (bicyclic) bond motifs is 1. The Kier molecular flexibility index (Phi) is 8.94. The van der Waals surface area contributed by atoms with Gasteiger partial charge in [-0.3, -0.25) is 14.4 Å². The summed E-state index contributed by atoms with van der Waals surface area (Å²) in [7, 11) is 0. The lowest BCUT2D eigenvalue weighted by Gasteiger charge is -2.25. The van der Waals surface area contributed by atoms with E-state index in [9.17, 15) is 29.4 Å². The first-order valence-electron chi connectivity index (χ1n) is 12.8. The van der Waals surface area contributed by atoms with E-state index in [1.54, 1.807) is 6.20 Å². The molecule has 208 valence electrons. The van der Waals surface area contributed by atoms with Gasteiger partial charge in [0.05, 0.1) is 18.5 Å². The molecule has 3 aromatic rings. The quantitative estimate of drug-likeness (QED) is 0.148. The molecule has 1 aliphatic rings. The first-order valence-corrected chi connectivity index (χ1v) is 12.8. The van der Waals surface area contributed by atoms with Crippen LogP contribution < -0.4 is 21.3 Å². The molecule has 5 atom stereocenters. The number of aliphatic hydroxyl groups excluding tert-OH is 1. The lowest BCUT2D eigenvalue weighted by Crippen LogP contribution is -2.59. The Morgan fingerprint density at radius 2 is 1.79 bits per heavy atom. The number of carboxylic acids is 1. The first-order chi connectivity index (χ1) is 18.7. The Bertz CT molecular complexity index is 1300. The summed E-state index contributed by atoms with van der Waals surface area (Å²) in [4.78, 5) is 61.2. The SMILES string of the molecule is CC(O)C(NC(=O)C(Cc1cnc[nH]1)NC(=O)C(Cc1c[nH]c2ccccc12)NC(=O)C1CCCN1)C(=O)O. The average Bonchev–Trinajstić information content (AvgIpc) is 3.69. The molecule has 13 heteroatoms. The maximum atomic E-state index is 13.6. The molecule has 1 fully saturated rings. The van der Waals surface area contributed by atoms with Crippen LogP contribution >= 0.6 is 0 Å². The second-order valence-corrected chi connectivity index (χ2v) is 9.68. The molecule has 3 amide bonds. The van der Waals surface area contributed by atoms with E-state index < -0.39 is 48.1 Å². The number of rotatable bonds is 12. The Balaban J connectivity index is 1.57. The van der Waals surface area contributed by atoms with E-state index in [1.165, 1.54) is 19.4 Å². The smallest absolute Gasteiger partial charge is 0.328 e. The first kappa shape index (κ1) is 27.8. The van der Waals surface area contributed by atoms with Crippen molar-refractivity contribution in [3.8, 4) is 0 Å². The normalized spacial score (nSPS) is 18.2. The van der Waals surface area contributed by atoms with Gasteiger partial charge in [-0.05, 0) is 37.9 Å². The van der Waals surface area contributed by atoms with E-state index in [4.69, 9.17) is 0 Å². The zero-order valence-electron chi connectivity index (χ0n) is 21.4. The van der Waals surface area contributed by atoms with Crippen LogP contribution in [0.3, 0.4) is 0 Å². The van der Waals surface area contributed by atoms with Crippen molar-refractivity contribution >= 4 is 34.6 Å². The van der Waals surface area contributed by atoms with Gasteiger partial charge in [0.1, 0.15) is 12.1 Å². The van der Waals surface area contributed by atoms with Crippen LogP contribution in [0.15, 0.2) is 43.0 Å². The van der Waals surface area contributed by atoms with Crippen LogP contribution in [0.4, 0.5) is 0 Å². The molecule has 1 saturated heterocycles. The number of hydrogen-bond acceptors (Lipinski definition) is 7. The van der Waals surface area contributed by atoms with Crippen molar-refractivity contribution in [2.24, 2.45) is 0 Å². The Labute approximate surface area is 224 Å². The highest BCUT2D eigenvalue weighted by atomic mass is 16.4. The summed E-state index contributed by atoms with van der Waals surface area (Å²) in [6.45, 7) is 1.95. The number of aliphatic carboxylic acids is 1. The number of H-pyrrole nitrogens is 2. The van der Waals surface area contributed by atoms with Gasteiger partial charge in [-0.2, -0.15) is 0 Å². The monoisotopic (exact) mass is 539 g/mol. The highest BCUT2D eigenvalue weighted by Crippen LogP contribution is 2.19. The molecular weight excluding hydrogens is 506 g/mol. The maximum absolute atomic E-state index is 13.6. The summed E-state index contributed by atoms with van der Waals surface area (Å²) in [6.07, 6.45) is 4.91. The summed E-state index contributed by atoms with van der Waals surface area (Å²) in [6, 6.07) is 3.34. The number of nitrogens with zero attached hydrogens (tertiary/aromatic N) is 1. The molecule has 13 nitrogen and oxygen atoms in total. The number of imidazole rings is 1. The second kappa shape index (κ2) is 12.5. The van der Waals surface area contributed by atoms with Gasteiger partial charge in [-0.15, -0.1) is 0 Å². The molecular formula is C26H33N7O6. The third kappa shape index (κ3) is 7.00. The van der Waals surface area contributed by atoms with Crippen molar-refractivity contribution in [2.45, 2.75) is 62.9 Å². The van der Waals surface area contributed by atoms with Crippen LogP contribution in [0.25, 0.3) is 10.9 Å². The number of aliphatic hydroxyl groups is 1. The summed E-state index contributed by atoms with van der Waals surface area (Å²) >= 11 is 0. The predicted molar refractivity (Wildman–Crippen MR) is 140 cm³/mol. The second-order valence-electron chi connectivity index (χ2n) is 9.68. The van der Waals surface area contributed by atoms with Crippen molar-refractivity contribution in [2.75, 3.05) is 6.54 Å². The molecule has 1 aromatic carbocycles. The number of carboxylic acid groups (broad SMARTS) is 1. The van der Waals surface area contributed by atoms with E-state index in [2.05, 4.69) is 36.2 Å². The summed E-state index contributed by atoms with van der Waals surface area (Å²) in [5.74, 6) is -3.16. The molecule has 1 aliphatic heterocycles. The molecule has 5 unspecified atom stereocenters. The van der Waals surface area contributed by atoms with E-state index in [0.717, 1.165) is 22.9 Å². The Morgan fingerprint density at radius 1 is 1.05 bits per heavy atom. The van der Waals surface area contributed by atoms with Gasteiger partial charge in [-0.1, -0.05) is 18.2 Å². The van der Waals surface area contributed by atoms with Crippen molar-refractivity contribution in [3.05, 3.63) is 54.2 Å². The molecule has 2 aromatic heterocycles. The number of amides is 3. The number of carbonyl (C=O) groups excluding carboxylic acids is 3. The molecule has 8 N–H and O–H groups in total. The highest BCUT2D eigenvalue weighted by Gasteiger charge is 2.33. The zero-order valence-corrected chi connectivity index (χ0v) is 21.4. The van der Waals surface area contributed by atoms with Crippen molar-refractivity contribution in [1.82, 2.24) is 36.2 Å². The minimum absolute atomic E-state index is 0.0261. The molecule has 0 bridgehead atoms. The zero-order chi connectivity index (χ0) is 27.9. The number of aromatic amines is 2. The fourth-order valence-corrected chi connectivity index (χ4v) is 4.65. The fourth-order valence-electron chi connectivity index (χ4n) is 4.65. The Morgan fingerprint density at radius 3 is 2.46 bits per heavy atom. The Hall–Kier alpha value is -4.23. The average molecular weight is 540 g/mol. The van der Waals surface area contributed by atoms with E-state index >= 15 is 0 Å². The summed E-state index contributed by atoms with van der Waals surface area (Å²) < 4.78 is 0. The van der Waals surface area contributed by atoms with Crippen LogP contribution in [0.1, 0.15) is 31.0 Å². The summed E-state index contributed by atoms with van der Waals surface area (Å²) in [5, 5.41) is 31.0. The number of carbonyl (C=O) groups is 4. The minimum Gasteiger partial charge on any atom is -0.480 e. The lowest BCUT2D eigenvalue weighted by molar-refractivity contribution is -0.145. The van der Waals surface area contributed by atoms with E-state index in [0.29, 0.717) is 18.7 Å². The highest BCUT2D eigenvalue weighted by molar-refractivity contribution is 5.95. The van der Waals surface area contributed by atoms with Crippen LogP contribution in [-0.2, 0) is 32.0 Å². The van der Waals surface area contributed by atoms with Gasteiger partial charge in [0.15, 0.2) is 6.04 Å². The molecule has 0 radical (unpaired) electrons. The van der Waals surface area contributed by atoms with Gasteiger partial charge >= 0.3 is 5.97 Å². The van der Waals surface area contributed by atoms with Crippen molar-refractivity contribution < 1.29 is 29.4 Å². The van der Waals surface area contributed by atoms with Gasteiger partial charge in [-0.25, -0.2) is 9.78 Å². The molecule has 0 spiro atoms. The molecule has 39 heavy (non-hydrogen) atoms. The number of benzene rings is 1. The van der Waals surface area contributed by atoms with E-state index in [-0.39, 0.29) is 18.7 Å². The molecule has 0 aliphatic carbocycles. The third-order valence-corrected chi connectivity index (χ3v) is 6.77. The minimum atomic E-state index is -1.58. The van der Waals surface area contributed by atoms with Gasteiger partial charge in [0.25, 0.3) is 0 Å². The summed E-state index contributed by atoms with van der Waals surface area (Å²) in [5.41, 5.74) is 2.21. The van der Waals surface area contributed by atoms with Gasteiger partial charge in [0, 0.05) is 41.8 Å². The largest absolute Gasteiger partial charge is 0.480 e. The van der Waals surface area contributed by atoms with Crippen LogP contribution in [0.5, 0.6) is 0 Å². The van der Waals surface area contributed by atoms with Crippen molar-refractivity contribution in [1.29, 1.82) is 0 Å². The molecule has 4 rings (SSSR count). The predicted octanol–water partition coefficient (Wildman–Crippen LogP) is -0.652. The maximum Gasteiger partial charge on any atom is 0.328 e.